The van der Waals surface area contributed by atoms with Crippen LogP contribution in [0.1, 0.15) is 48.3 Å². The number of amides is 1. The number of nitrogens with zero attached hydrogens (tertiary/aromatic N) is 3. The largest absolute Gasteiger partial charge is 0.369 e. The molecule has 1 aliphatic rings. The zero-order valence-corrected chi connectivity index (χ0v) is 17.7. The van der Waals surface area contributed by atoms with Crippen molar-refractivity contribution in [1.82, 2.24) is 15.3 Å². The molecule has 2 aromatic heterocycles. The molecule has 3 aromatic rings. The van der Waals surface area contributed by atoms with Crippen LogP contribution >= 0.6 is 0 Å². The van der Waals surface area contributed by atoms with Gasteiger partial charge in [-0.25, -0.2) is 14.4 Å². The molecule has 156 valence electrons. The second-order valence-electron chi connectivity index (χ2n) is 8.79. The number of pyridine rings is 2. The Morgan fingerprint density at radius 2 is 1.97 bits per heavy atom. The Balaban J connectivity index is 1.43. The molecule has 5 nitrogen and oxygen atoms in total. The molecule has 6 heteroatoms. The number of hydrogen-bond donors (Lipinski definition) is 1. The third kappa shape index (κ3) is 4.27. The fraction of sp³-hybridized carbons (Fsp3) is 0.375. The molecule has 1 aliphatic heterocycles. The highest BCUT2D eigenvalue weighted by molar-refractivity contribution is 5.98. The first-order valence-corrected chi connectivity index (χ1v) is 10.4. The Morgan fingerprint density at radius 3 is 2.70 bits per heavy atom. The second kappa shape index (κ2) is 8.01. The van der Waals surface area contributed by atoms with E-state index in [2.05, 4.69) is 34.0 Å². The molecular formula is C24H27FN4O. The Labute approximate surface area is 176 Å². The Morgan fingerprint density at radius 1 is 1.20 bits per heavy atom. The Kier molecular flexibility index (Phi) is 5.41. The lowest BCUT2D eigenvalue weighted by Crippen LogP contribution is -2.37. The van der Waals surface area contributed by atoms with E-state index in [4.69, 9.17) is 0 Å². The quantitative estimate of drug-likeness (QED) is 0.686. The lowest BCUT2D eigenvalue weighted by atomic mass is 9.82. The van der Waals surface area contributed by atoms with E-state index in [1.165, 1.54) is 6.07 Å². The molecule has 0 atom stereocenters. The van der Waals surface area contributed by atoms with Gasteiger partial charge in [-0.3, -0.25) is 4.79 Å². The number of fused-ring (bicyclic) bond motifs is 1. The van der Waals surface area contributed by atoms with Gasteiger partial charge in [-0.1, -0.05) is 19.9 Å². The van der Waals surface area contributed by atoms with Crippen molar-refractivity contribution in [3.8, 4) is 0 Å². The zero-order chi connectivity index (χ0) is 21.3. The van der Waals surface area contributed by atoms with Gasteiger partial charge in [-0.05, 0) is 61.1 Å². The highest BCUT2D eigenvalue weighted by Gasteiger charge is 2.26. The van der Waals surface area contributed by atoms with Gasteiger partial charge in [0.15, 0.2) is 5.65 Å². The Bertz CT molecular complexity index is 1090. The smallest absolute Gasteiger partial charge is 0.253 e. The van der Waals surface area contributed by atoms with Crippen LogP contribution in [0, 0.1) is 18.2 Å². The van der Waals surface area contributed by atoms with Gasteiger partial charge in [0.2, 0.25) is 0 Å². The number of halogens is 1. The van der Waals surface area contributed by atoms with Crippen LogP contribution in [0.2, 0.25) is 0 Å². The number of piperidine rings is 1. The lowest BCUT2D eigenvalue weighted by molar-refractivity contribution is 0.0950. The number of aryl methyl sites for hydroxylation is 1. The van der Waals surface area contributed by atoms with Crippen molar-refractivity contribution in [2.45, 2.75) is 40.2 Å². The van der Waals surface area contributed by atoms with Crippen molar-refractivity contribution < 1.29 is 9.18 Å². The molecule has 0 unspecified atom stereocenters. The average Bonchev–Trinajstić information content (AvgIpc) is 2.72. The van der Waals surface area contributed by atoms with Crippen LogP contribution in [0.5, 0.6) is 0 Å². The maximum Gasteiger partial charge on any atom is 0.253 e. The lowest BCUT2D eigenvalue weighted by Gasteiger charge is -2.38. The normalized spacial score (nSPS) is 15.9. The predicted octanol–water partition coefficient (Wildman–Crippen LogP) is 4.63. The van der Waals surface area contributed by atoms with E-state index in [9.17, 15) is 9.18 Å². The number of rotatable bonds is 4. The monoisotopic (exact) mass is 406 g/mol. The van der Waals surface area contributed by atoms with E-state index in [1.807, 2.05) is 24.3 Å². The molecule has 30 heavy (non-hydrogen) atoms. The van der Waals surface area contributed by atoms with Crippen molar-refractivity contribution >= 4 is 22.6 Å². The SMILES string of the molecule is Cc1nc2ncccc2cc1C(=O)NCc1ccc(N2CCC(C)(C)CC2)c(F)c1. The van der Waals surface area contributed by atoms with Crippen molar-refractivity contribution in [2.24, 2.45) is 5.41 Å². The number of carbonyl (C=O) groups excluding carboxylic acids is 1. The third-order valence-corrected chi connectivity index (χ3v) is 5.95. The van der Waals surface area contributed by atoms with Crippen LogP contribution in [-0.2, 0) is 6.54 Å². The molecule has 0 radical (unpaired) electrons. The molecular weight excluding hydrogens is 379 g/mol. The summed E-state index contributed by atoms with van der Waals surface area (Å²) >= 11 is 0. The minimum absolute atomic E-state index is 0.228. The summed E-state index contributed by atoms with van der Waals surface area (Å²) in [6.07, 6.45) is 3.79. The molecule has 1 aromatic carbocycles. The summed E-state index contributed by atoms with van der Waals surface area (Å²) in [6.45, 7) is 8.29. The summed E-state index contributed by atoms with van der Waals surface area (Å²) in [4.78, 5) is 23.4. The number of anilines is 1. The summed E-state index contributed by atoms with van der Waals surface area (Å²) in [7, 11) is 0. The summed E-state index contributed by atoms with van der Waals surface area (Å²) in [5, 5.41) is 3.69. The minimum Gasteiger partial charge on any atom is -0.369 e. The summed E-state index contributed by atoms with van der Waals surface area (Å²) < 4.78 is 14.7. The number of hydrogen-bond acceptors (Lipinski definition) is 4. The van der Waals surface area contributed by atoms with Crippen molar-refractivity contribution in [3.05, 3.63) is 65.2 Å². The van der Waals surface area contributed by atoms with Crippen LogP contribution < -0.4 is 10.2 Å². The van der Waals surface area contributed by atoms with Gasteiger partial charge in [0.1, 0.15) is 5.82 Å². The van der Waals surface area contributed by atoms with E-state index >= 15 is 0 Å². The highest BCUT2D eigenvalue weighted by atomic mass is 19.1. The van der Waals surface area contributed by atoms with Gasteiger partial charge in [-0.15, -0.1) is 0 Å². The molecule has 0 bridgehead atoms. The third-order valence-electron chi connectivity index (χ3n) is 5.95. The van der Waals surface area contributed by atoms with Crippen LogP contribution in [0.25, 0.3) is 11.0 Å². The summed E-state index contributed by atoms with van der Waals surface area (Å²) in [5.74, 6) is -0.468. The summed E-state index contributed by atoms with van der Waals surface area (Å²) in [6, 6.07) is 10.7. The first-order chi connectivity index (χ1) is 14.3. The zero-order valence-electron chi connectivity index (χ0n) is 17.7. The standard InChI is InChI=1S/C24H27FN4O/c1-16-19(14-18-5-4-10-26-22(18)28-16)23(30)27-15-17-6-7-21(20(25)13-17)29-11-8-24(2,3)9-12-29/h4-7,10,13-14H,8-9,11-12,15H2,1-3H3,(H,27,30). The van der Waals surface area contributed by atoms with Gasteiger partial charge in [0, 0.05) is 31.2 Å². The summed E-state index contributed by atoms with van der Waals surface area (Å²) in [5.41, 5.74) is 3.43. The van der Waals surface area contributed by atoms with Crippen LogP contribution in [0.3, 0.4) is 0 Å². The van der Waals surface area contributed by atoms with E-state index < -0.39 is 0 Å². The molecule has 3 heterocycles. The average molecular weight is 407 g/mol. The first-order valence-electron chi connectivity index (χ1n) is 10.4. The minimum atomic E-state index is -0.240. The van der Waals surface area contributed by atoms with Gasteiger partial charge >= 0.3 is 0 Å². The topological polar surface area (TPSA) is 58.1 Å². The van der Waals surface area contributed by atoms with Crippen molar-refractivity contribution in [2.75, 3.05) is 18.0 Å². The van der Waals surface area contributed by atoms with Crippen molar-refractivity contribution in [3.63, 3.8) is 0 Å². The number of nitrogens with one attached hydrogen (secondary N) is 1. The van der Waals surface area contributed by atoms with E-state index in [1.54, 1.807) is 19.2 Å². The maximum absolute atomic E-state index is 14.7. The second-order valence-corrected chi connectivity index (χ2v) is 8.79. The molecule has 1 saturated heterocycles. The first kappa shape index (κ1) is 20.3. The Hall–Kier alpha value is -3.02. The predicted molar refractivity (Wildman–Crippen MR) is 117 cm³/mol. The number of benzene rings is 1. The highest BCUT2D eigenvalue weighted by Crippen LogP contribution is 2.33. The molecule has 0 spiro atoms. The van der Waals surface area contributed by atoms with Crippen LogP contribution in [0.15, 0.2) is 42.6 Å². The van der Waals surface area contributed by atoms with E-state index in [-0.39, 0.29) is 18.3 Å². The van der Waals surface area contributed by atoms with E-state index in [0.29, 0.717) is 28.0 Å². The molecule has 0 aliphatic carbocycles. The van der Waals surface area contributed by atoms with Crippen LogP contribution in [0.4, 0.5) is 10.1 Å². The molecule has 0 saturated carbocycles. The molecule has 1 N–H and O–H groups in total. The number of aromatic nitrogens is 2. The van der Waals surface area contributed by atoms with Gasteiger partial charge in [0.25, 0.3) is 5.91 Å². The molecule has 1 fully saturated rings. The van der Waals surface area contributed by atoms with Crippen LogP contribution in [-0.4, -0.2) is 29.0 Å². The van der Waals surface area contributed by atoms with E-state index in [0.717, 1.165) is 36.9 Å². The molecule has 1 amide bonds. The molecule has 4 rings (SSSR count). The van der Waals surface area contributed by atoms with Gasteiger partial charge in [0.05, 0.1) is 16.9 Å². The maximum atomic E-state index is 14.7. The van der Waals surface area contributed by atoms with Crippen molar-refractivity contribution in [1.29, 1.82) is 0 Å². The fourth-order valence-corrected chi connectivity index (χ4v) is 3.87. The fourth-order valence-electron chi connectivity index (χ4n) is 3.87. The number of carbonyl (C=O) groups is 1. The van der Waals surface area contributed by atoms with Gasteiger partial charge < -0.3 is 10.2 Å². The van der Waals surface area contributed by atoms with Gasteiger partial charge in [-0.2, -0.15) is 0 Å².